The first-order chi connectivity index (χ1) is 11.5. The SMILES string of the molecule is COc1cc(F)c(C2CC(=O)N(Cc3ncc(C)o3)C2)c(OF)c1. The lowest BCUT2D eigenvalue weighted by molar-refractivity contribution is -0.128. The monoisotopic (exact) mass is 338 g/mol. The number of nitrogens with zero attached hydrogens (tertiary/aromatic N) is 2. The number of methoxy groups -OCH3 is 1. The Kier molecular flexibility index (Phi) is 4.37. The van der Waals surface area contributed by atoms with E-state index in [4.69, 9.17) is 9.15 Å². The van der Waals surface area contributed by atoms with Crippen LogP contribution in [0, 0.1) is 12.7 Å². The van der Waals surface area contributed by atoms with E-state index in [1.54, 1.807) is 13.1 Å². The Morgan fingerprint density at radius 3 is 2.88 bits per heavy atom. The molecule has 0 spiro atoms. The second-order valence-corrected chi connectivity index (χ2v) is 5.64. The van der Waals surface area contributed by atoms with Crippen molar-refractivity contribution < 1.29 is 27.8 Å². The minimum Gasteiger partial charge on any atom is -0.497 e. The Bertz CT molecular complexity index is 763. The van der Waals surface area contributed by atoms with E-state index in [9.17, 15) is 13.7 Å². The van der Waals surface area contributed by atoms with Crippen LogP contribution in [0.1, 0.15) is 29.6 Å². The van der Waals surface area contributed by atoms with Crippen molar-refractivity contribution in [1.82, 2.24) is 9.88 Å². The lowest BCUT2D eigenvalue weighted by Crippen LogP contribution is -2.24. The van der Waals surface area contributed by atoms with Gasteiger partial charge in [0.1, 0.15) is 17.3 Å². The molecule has 24 heavy (non-hydrogen) atoms. The van der Waals surface area contributed by atoms with Crippen molar-refractivity contribution in [2.45, 2.75) is 25.8 Å². The van der Waals surface area contributed by atoms with Crippen molar-refractivity contribution in [3.8, 4) is 11.5 Å². The van der Waals surface area contributed by atoms with Gasteiger partial charge in [-0.15, -0.1) is 0 Å². The number of halogens is 2. The molecule has 0 N–H and O–H groups in total. The maximum absolute atomic E-state index is 14.3. The van der Waals surface area contributed by atoms with Gasteiger partial charge < -0.3 is 14.1 Å². The molecular formula is C16H16F2N2O4. The van der Waals surface area contributed by atoms with Gasteiger partial charge in [-0.05, 0) is 6.92 Å². The molecule has 0 aliphatic carbocycles. The Hall–Kier alpha value is -2.64. The minimum absolute atomic E-state index is 0.0257. The summed E-state index contributed by atoms with van der Waals surface area (Å²) < 4.78 is 37.4. The van der Waals surface area contributed by atoms with E-state index in [2.05, 4.69) is 9.93 Å². The number of hydrogen-bond acceptors (Lipinski definition) is 5. The second-order valence-electron chi connectivity index (χ2n) is 5.64. The van der Waals surface area contributed by atoms with Crippen LogP contribution >= 0.6 is 0 Å². The maximum Gasteiger partial charge on any atom is 0.223 e. The Morgan fingerprint density at radius 1 is 1.46 bits per heavy atom. The molecule has 1 aromatic carbocycles. The zero-order valence-corrected chi connectivity index (χ0v) is 13.2. The Balaban J connectivity index is 1.83. The van der Waals surface area contributed by atoms with Gasteiger partial charge >= 0.3 is 0 Å². The Labute approximate surface area is 136 Å². The summed E-state index contributed by atoms with van der Waals surface area (Å²) in [7, 11) is 1.34. The van der Waals surface area contributed by atoms with Gasteiger partial charge in [0.15, 0.2) is 5.75 Å². The lowest BCUT2D eigenvalue weighted by atomic mass is 9.96. The van der Waals surface area contributed by atoms with Crippen LogP contribution in [0.2, 0.25) is 0 Å². The summed E-state index contributed by atoms with van der Waals surface area (Å²) >= 11 is 0. The largest absolute Gasteiger partial charge is 0.497 e. The quantitative estimate of drug-likeness (QED) is 0.839. The van der Waals surface area contributed by atoms with Crippen LogP contribution in [-0.2, 0) is 11.3 Å². The first-order valence-corrected chi connectivity index (χ1v) is 7.37. The summed E-state index contributed by atoms with van der Waals surface area (Å²) in [6.45, 7) is 2.16. The van der Waals surface area contributed by atoms with E-state index in [1.165, 1.54) is 18.1 Å². The fourth-order valence-electron chi connectivity index (χ4n) is 2.90. The zero-order valence-electron chi connectivity index (χ0n) is 13.2. The molecule has 3 rings (SSSR count). The van der Waals surface area contributed by atoms with Gasteiger partial charge in [0, 0.05) is 41.1 Å². The van der Waals surface area contributed by atoms with Crippen LogP contribution in [-0.4, -0.2) is 29.4 Å². The normalized spacial score (nSPS) is 17.4. The van der Waals surface area contributed by atoms with E-state index in [0.717, 1.165) is 6.07 Å². The molecule has 1 amide bonds. The van der Waals surface area contributed by atoms with Gasteiger partial charge in [0.2, 0.25) is 11.8 Å². The van der Waals surface area contributed by atoms with Gasteiger partial charge in [-0.3, -0.25) is 9.74 Å². The van der Waals surface area contributed by atoms with Crippen LogP contribution in [0.4, 0.5) is 8.92 Å². The van der Waals surface area contributed by atoms with Gasteiger partial charge in [0.05, 0.1) is 19.9 Å². The molecule has 0 bridgehead atoms. The number of carbonyl (C=O) groups is 1. The highest BCUT2D eigenvalue weighted by Gasteiger charge is 2.35. The smallest absolute Gasteiger partial charge is 0.223 e. The van der Waals surface area contributed by atoms with Crippen LogP contribution in [0.25, 0.3) is 0 Å². The van der Waals surface area contributed by atoms with Gasteiger partial charge in [0.25, 0.3) is 0 Å². The number of carbonyl (C=O) groups excluding carboxylic acids is 1. The highest BCUT2D eigenvalue weighted by atomic mass is 19.3. The standard InChI is InChI=1S/C16H16F2N2O4/c1-9-6-19-14(23-9)8-20-7-10(3-15(20)21)16-12(17)4-11(22-2)5-13(16)24-18/h4-6,10H,3,7-8H2,1-2H3. The number of amides is 1. The first-order valence-electron chi connectivity index (χ1n) is 7.37. The van der Waals surface area contributed by atoms with E-state index in [1.807, 2.05) is 0 Å². The van der Waals surface area contributed by atoms with E-state index < -0.39 is 11.7 Å². The van der Waals surface area contributed by atoms with Crippen molar-refractivity contribution in [3.63, 3.8) is 0 Å². The molecule has 8 heteroatoms. The third-order valence-electron chi connectivity index (χ3n) is 4.00. The predicted octanol–water partition coefficient (Wildman–Crippen LogP) is 2.91. The molecule has 1 aliphatic rings. The third-order valence-corrected chi connectivity index (χ3v) is 4.00. The zero-order chi connectivity index (χ0) is 17.3. The first kappa shape index (κ1) is 16.2. The van der Waals surface area contributed by atoms with Crippen molar-refractivity contribution in [3.05, 3.63) is 41.4 Å². The lowest BCUT2D eigenvalue weighted by Gasteiger charge is -2.16. The molecule has 128 valence electrons. The highest BCUT2D eigenvalue weighted by molar-refractivity contribution is 5.80. The average molecular weight is 338 g/mol. The third kappa shape index (κ3) is 3.04. The molecule has 0 radical (unpaired) electrons. The van der Waals surface area contributed by atoms with Gasteiger partial charge in [-0.25, -0.2) is 9.37 Å². The van der Waals surface area contributed by atoms with E-state index >= 15 is 0 Å². The molecular weight excluding hydrogens is 322 g/mol. The van der Waals surface area contributed by atoms with Crippen LogP contribution < -0.4 is 9.68 Å². The van der Waals surface area contributed by atoms with E-state index in [0.29, 0.717) is 11.7 Å². The summed E-state index contributed by atoms with van der Waals surface area (Å²) in [6.07, 6.45) is 1.62. The molecule has 1 atom stereocenters. The molecule has 2 heterocycles. The second kappa shape index (κ2) is 6.46. The minimum atomic E-state index is -0.673. The van der Waals surface area contributed by atoms with Crippen LogP contribution in [0.5, 0.6) is 11.5 Å². The summed E-state index contributed by atoms with van der Waals surface area (Å²) in [6, 6.07) is 2.39. The summed E-state index contributed by atoms with van der Waals surface area (Å²) in [5.41, 5.74) is 0.0257. The van der Waals surface area contributed by atoms with Crippen LogP contribution in [0.15, 0.2) is 22.7 Å². The average Bonchev–Trinajstić information content (AvgIpc) is 3.12. The van der Waals surface area contributed by atoms with Crippen molar-refractivity contribution in [2.75, 3.05) is 13.7 Å². The fraction of sp³-hybridized carbons (Fsp3) is 0.375. The summed E-state index contributed by atoms with van der Waals surface area (Å²) in [5.74, 6) is -0.477. The molecule has 2 aromatic rings. The van der Waals surface area contributed by atoms with E-state index in [-0.39, 0.29) is 42.5 Å². The maximum atomic E-state index is 14.3. The Morgan fingerprint density at radius 2 is 2.25 bits per heavy atom. The van der Waals surface area contributed by atoms with Crippen molar-refractivity contribution >= 4 is 5.91 Å². The number of hydrogen-bond donors (Lipinski definition) is 0. The predicted molar refractivity (Wildman–Crippen MR) is 78.7 cm³/mol. The summed E-state index contributed by atoms with van der Waals surface area (Å²) in [4.78, 5) is 21.5. The molecule has 1 unspecified atom stereocenters. The molecule has 1 saturated heterocycles. The number of benzene rings is 1. The molecule has 6 nitrogen and oxygen atoms in total. The number of oxazole rings is 1. The topological polar surface area (TPSA) is 64.8 Å². The van der Waals surface area contributed by atoms with Gasteiger partial charge in [-0.1, -0.05) is 0 Å². The molecule has 1 aliphatic heterocycles. The van der Waals surface area contributed by atoms with Gasteiger partial charge in [-0.2, -0.15) is 0 Å². The van der Waals surface area contributed by atoms with Crippen molar-refractivity contribution in [2.24, 2.45) is 0 Å². The number of ether oxygens (including phenoxy) is 1. The number of likely N-dealkylation sites (tertiary alicyclic amines) is 1. The number of aryl methyl sites for hydroxylation is 1. The molecule has 1 aromatic heterocycles. The highest BCUT2D eigenvalue weighted by Crippen LogP contribution is 2.39. The van der Waals surface area contributed by atoms with Crippen molar-refractivity contribution in [1.29, 1.82) is 0 Å². The summed E-state index contributed by atoms with van der Waals surface area (Å²) in [5, 5.41) is 0. The molecule has 0 saturated carbocycles. The number of rotatable bonds is 5. The fourth-order valence-corrected chi connectivity index (χ4v) is 2.90. The molecule has 1 fully saturated rings. The number of aromatic nitrogens is 1. The van der Waals surface area contributed by atoms with Crippen LogP contribution in [0.3, 0.4) is 0 Å².